The second-order valence-electron chi connectivity index (χ2n) is 4.86. The van der Waals surface area contributed by atoms with Gasteiger partial charge in [0.1, 0.15) is 0 Å². The zero-order valence-corrected chi connectivity index (χ0v) is 11.6. The van der Waals surface area contributed by atoms with Crippen LogP contribution in [-0.2, 0) is 14.9 Å². The van der Waals surface area contributed by atoms with Crippen LogP contribution in [0.3, 0.4) is 0 Å². The van der Waals surface area contributed by atoms with Gasteiger partial charge in [-0.15, -0.1) is 0 Å². The molecule has 0 aromatic carbocycles. The molecule has 6 nitrogen and oxygen atoms in total. The smallest absolute Gasteiger partial charge is 0.282 e. The van der Waals surface area contributed by atoms with Crippen LogP contribution in [0.5, 0.6) is 0 Å². The first-order valence-electron chi connectivity index (χ1n) is 6.71. The van der Waals surface area contributed by atoms with Crippen molar-refractivity contribution in [2.24, 2.45) is 5.73 Å². The monoisotopic (exact) mass is 277 g/mol. The first-order chi connectivity index (χ1) is 8.66. The van der Waals surface area contributed by atoms with Gasteiger partial charge in [-0.1, -0.05) is 6.42 Å². The van der Waals surface area contributed by atoms with E-state index in [1.165, 1.54) is 0 Å². The van der Waals surface area contributed by atoms with Crippen molar-refractivity contribution in [3.8, 4) is 0 Å². The number of morpholine rings is 1. The lowest BCUT2D eigenvalue weighted by atomic mass is 10.0. The highest BCUT2D eigenvalue weighted by atomic mass is 32.2. The highest BCUT2D eigenvalue weighted by Gasteiger charge is 2.36. The minimum absolute atomic E-state index is 0.0802. The molecule has 0 saturated carbocycles. The predicted molar refractivity (Wildman–Crippen MR) is 69.3 cm³/mol. The number of rotatable bonds is 4. The molecular formula is C11H23N3O3S. The van der Waals surface area contributed by atoms with Crippen LogP contribution < -0.4 is 5.73 Å². The van der Waals surface area contributed by atoms with E-state index in [0.29, 0.717) is 39.4 Å². The van der Waals surface area contributed by atoms with Gasteiger partial charge in [0, 0.05) is 25.7 Å². The van der Waals surface area contributed by atoms with E-state index >= 15 is 0 Å². The minimum atomic E-state index is -3.33. The maximum atomic E-state index is 12.6. The molecule has 0 spiro atoms. The van der Waals surface area contributed by atoms with Crippen molar-refractivity contribution in [2.75, 3.05) is 39.4 Å². The topological polar surface area (TPSA) is 75.9 Å². The van der Waals surface area contributed by atoms with Crippen molar-refractivity contribution >= 4 is 10.2 Å². The van der Waals surface area contributed by atoms with Crippen molar-refractivity contribution in [3.63, 3.8) is 0 Å². The van der Waals surface area contributed by atoms with Gasteiger partial charge in [0.05, 0.1) is 13.2 Å². The van der Waals surface area contributed by atoms with E-state index in [0.717, 1.165) is 25.7 Å². The molecule has 0 aromatic rings. The summed E-state index contributed by atoms with van der Waals surface area (Å²) in [6, 6.07) is 0.0802. The molecule has 2 heterocycles. The van der Waals surface area contributed by atoms with Gasteiger partial charge >= 0.3 is 0 Å². The summed E-state index contributed by atoms with van der Waals surface area (Å²) in [5.41, 5.74) is 5.59. The molecule has 2 fully saturated rings. The molecule has 2 rings (SSSR count). The first kappa shape index (κ1) is 14.2. The fraction of sp³-hybridized carbons (Fsp3) is 1.00. The van der Waals surface area contributed by atoms with Crippen LogP contribution in [0.1, 0.15) is 25.7 Å². The zero-order valence-electron chi connectivity index (χ0n) is 10.8. The molecule has 106 valence electrons. The fourth-order valence-electron chi connectivity index (χ4n) is 2.68. The lowest BCUT2D eigenvalue weighted by Crippen LogP contribution is -2.53. The Morgan fingerprint density at radius 3 is 2.56 bits per heavy atom. The number of hydrogen-bond acceptors (Lipinski definition) is 4. The summed E-state index contributed by atoms with van der Waals surface area (Å²) >= 11 is 0. The molecule has 7 heteroatoms. The molecule has 2 aliphatic rings. The van der Waals surface area contributed by atoms with Crippen LogP contribution in [0.15, 0.2) is 0 Å². The third-order valence-corrected chi connectivity index (χ3v) is 5.76. The van der Waals surface area contributed by atoms with Gasteiger partial charge < -0.3 is 10.5 Å². The van der Waals surface area contributed by atoms with E-state index in [-0.39, 0.29) is 6.04 Å². The Bertz CT molecular complexity index is 353. The summed E-state index contributed by atoms with van der Waals surface area (Å²) < 4.78 is 33.6. The van der Waals surface area contributed by atoms with Crippen LogP contribution in [0.25, 0.3) is 0 Å². The Kier molecular flexibility index (Phi) is 4.97. The molecular weight excluding hydrogens is 254 g/mol. The highest BCUT2D eigenvalue weighted by molar-refractivity contribution is 7.86. The summed E-state index contributed by atoms with van der Waals surface area (Å²) in [6.45, 7) is 3.09. The Labute approximate surface area is 109 Å². The van der Waals surface area contributed by atoms with Crippen molar-refractivity contribution in [1.82, 2.24) is 8.61 Å². The average Bonchev–Trinajstić information content (AvgIpc) is 2.41. The first-order valence-corrected chi connectivity index (χ1v) is 8.10. The molecule has 1 atom stereocenters. The van der Waals surface area contributed by atoms with Gasteiger partial charge in [0.15, 0.2) is 0 Å². The molecule has 2 N–H and O–H groups in total. The Morgan fingerprint density at radius 2 is 1.89 bits per heavy atom. The van der Waals surface area contributed by atoms with Crippen molar-refractivity contribution in [1.29, 1.82) is 0 Å². The summed E-state index contributed by atoms with van der Waals surface area (Å²) in [4.78, 5) is 0. The summed E-state index contributed by atoms with van der Waals surface area (Å²) in [6.07, 6.45) is 3.73. The third-order valence-electron chi connectivity index (χ3n) is 3.67. The summed E-state index contributed by atoms with van der Waals surface area (Å²) in [5, 5.41) is 0. The van der Waals surface area contributed by atoms with E-state index in [1.807, 2.05) is 0 Å². The van der Waals surface area contributed by atoms with Gasteiger partial charge in [-0.2, -0.15) is 17.0 Å². The largest absolute Gasteiger partial charge is 0.379 e. The third kappa shape index (κ3) is 3.03. The van der Waals surface area contributed by atoms with Gasteiger partial charge in [-0.3, -0.25) is 0 Å². The lowest BCUT2D eigenvalue weighted by Gasteiger charge is -2.38. The second kappa shape index (κ2) is 6.29. The van der Waals surface area contributed by atoms with Crippen molar-refractivity contribution in [2.45, 2.75) is 31.7 Å². The minimum Gasteiger partial charge on any atom is -0.379 e. The van der Waals surface area contributed by atoms with E-state index in [2.05, 4.69) is 0 Å². The molecule has 2 aliphatic heterocycles. The van der Waals surface area contributed by atoms with Gasteiger partial charge in [0.2, 0.25) is 0 Å². The van der Waals surface area contributed by atoms with Crippen molar-refractivity contribution < 1.29 is 13.2 Å². The molecule has 0 radical (unpaired) electrons. The van der Waals surface area contributed by atoms with E-state index < -0.39 is 10.2 Å². The highest BCUT2D eigenvalue weighted by Crippen LogP contribution is 2.24. The molecule has 2 saturated heterocycles. The zero-order chi connectivity index (χ0) is 13.0. The normalized spacial score (nSPS) is 28.4. The van der Waals surface area contributed by atoms with Crippen LogP contribution in [0, 0.1) is 0 Å². The quantitative estimate of drug-likeness (QED) is 0.770. The van der Waals surface area contributed by atoms with Gasteiger partial charge in [0.25, 0.3) is 10.2 Å². The molecule has 18 heavy (non-hydrogen) atoms. The van der Waals surface area contributed by atoms with Crippen LogP contribution in [0.4, 0.5) is 0 Å². The van der Waals surface area contributed by atoms with E-state index in [4.69, 9.17) is 10.5 Å². The van der Waals surface area contributed by atoms with Crippen molar-refractivity contribution in [3.05, 3.63) is 0 Å². The maximum Gasteiger partial charge on any atom is 0.282 e. The van der Waals surface area contributed by atoms with Gasteiger partial charge in [-0.05, 0) is 25.8 Å². The second-order valence-corrected chi connectivity index (χ2v) is 6.74. The number of nitrogens with two attached hydrogens (primary N) is 1. The lowest BCUT2D eigenvalue weighted by molar-refractivity contribution is 0.0681. The fourth-order valence-corrected chi connectivity index (χ4v) is 4.54. The molecule has 0 aromatic heterocycles. The molecule has 0 amide bonds. The van der Waals surface area contributed by atoms with E-state index in [9.17, 15) is 8.42 Å². The number of nitrogens with zero attached hydrogens (tertiary/aromatic N) is 2. The summed E-state index contributed by atoms with van der Waals surface area (Å²) in [7, 11) is -3.33. The number of hydrogen-bond donors (Lipinski definition) is 1. The summed E-state index contributed by atoms with van der Waals surface area (Å²) in [5.74, 6) is 0. The average molecular weight is 277 g/mol. The Morgan fingerprint density at radius 1 is 1.17 bits per heavy atom. The Hall–Kier alpha value is -0.210. The molecule has 0 aliphatic carbocycles. The predicted octanol–water partition coefficient (Wildman–Crippen LogP) is -0.233. The Balaban J connectivity index is 2.10. The van der Waals surface area contributed by atoms with Gasteiger partial charge in [-0.25, -0.2) is 0 Å². The standard InChI is InChI=1S/C11H23N3O3S/c12-5-4-11-3-1-2-6-14(11)18(15,16)13-7-9-17-10-8-13/h11H,1-10,12H2. The SMILES string of the molecule is NCCC1CCCCN1S(=O)(=O)N1CCOCC1. The molecule has 0 bridgehead atoms. The van der Waals surface area contributed by atoms with Crippen LogP contribution in [0.2, 0.25) is 0 Å². The molecule has 1 unspecified atom stereocenters. The number of ether oxygens (including phenoxy) is 1. The van der Waals surface area contributed by atoms with Crippen LogP contribution in [-0.4, -0.2) is 62.5 Å². The van der Waals surface area contributed by atoms with E-state index in [1.54, 1.807) is 8.61 Å². The number of piperidine rings is 1. The maximum absolute atomic E-state index is 12.6. The van der Waals surface area contributed by atoms with Crippen LogP contribution >= 0.6 is 0 Å².